The summed E-state index contributed by atoms with van der Waals surface area (Å²) in [6.07, 6.45) is 0. The Bertz CT molecular complexity index is 718. The van der Waals surface area contributed by atoms with E-state index in [0.717, 1.165) is 11.3 Å². The lowest BCUT2D eigenvalue weighted by molar-refractivity contribution is 0.0706. The number of benzene rings is 2. The summed E-state index contributed by atoms with van der Waals surface area (Å²) in [4.78, 5) is 13.6. The molecule has 0 radical (unpaired) electrons. The van der Waals surface area contributed by atoms with Crippen LogP contribution < -0.4 is 15.1 Å². The molecule has 1 aliphatic rings. The molecule has 2 aromatic carbocycles. The standard InChI is InChI=1S/C17H17FN2O3/c1-11-10-23-16-8-12(17(21)19-22)2-3-13(16)9-20(11)15-6-4-14(18)5-7-15/h2-8,11,22H,9-10H2,1H3,(H,19,21)/t11-/m0/s1. The summed E-state index contributed by atoms with van der Waals surface area (Å²) in [5.74, 6) is -0.237. The first-order valence-electron chi connectivity index (χ1n) is 7.31. The third kappa shape index (κ3) is 3.12. The second kappa shape index (κ2) is 6.26. The van der Waals surface area contributed by atoms with Crippen LogP contribution in [0.3, 0.4) is 0 Å². The van der Waals surface area contributed by atoms with Crippen molar-refractivity contribution >= 4 is 11.6 Å². The van der Waals surface area contributed by atoms with Gasteiger partial charge in [0.2, 0.25) is 0 Å². The Morgan fingerprint density at radius 1 is 1.30 bits per heavy atom. The molecule has 1 amide bonds. The lowest BCUT2D eigenvalue weighted by Crippen LogP contribution is -2.34. The second-order valence-electron chi connectivity index (χ2n) is 5.53. The number of rotatable bonds is 2. The molecule has 2 aromatic rings. The van der Waals surface area contributed by atoms with Crippen LogP contribution in [0.25, 0.3) is 0 Å². The number of anilines is 1. The Labute approximate surface area is 133 Å². The number of carbonyl (C=O) groups excluding carboxylic acids is 1. The molecule has 1 aliphatic heterocycles. The van der Waals surface area contributed by atoms with E-state index in [4.69, 9.17) is 9.94 Å². The summed E-state index contributed by atoms with van der Waals surface area (Å²) >= 11 is 0. The van der Waals surface area contributed by atoms with Gasteiger partial charge in [0.15, 0.2) is 0 Å². The van der Waals surface area contributed by atoms with Gasteiger partial charge in [-0.1, -0.05) is 6.07 Å². The fourth-order valence-corrected chi connectivity index (χ4v) is 2.64. The van der Waals surface area contributed by atoms with E-state index in [1.807, 2.05) is 6.92 Å². The van der Waals surface area contributed by atoms with Crippen molar-refractivity contribution in [2.45, 2.75) is 19.5 Å². The van der Waals surface area contributed by atoms with E-state index in [1.165, 1.54) is 12.1 Å². The number of hydroxylamine groups is 1. The van der Waals surface area contributed by atoms with Crippen molar-refractivity contribution in [3.63, 3.8) is 0 Å². The third-order valence-corrected chi connectivity index (χ3v) is 3.94. The van der Waals surface area contributed by atoms with Crippen molar-refractivity contribution in [2.75, 3.05) is 11.5 Å². The van der Waals surface area contributed by atoms with Crippen LogP contribution in [0.4, 0.5) is 10.1 Å². The lowest BCUT2D eigenvalue weighted by atomic mass is 10.1. The molecule has 0 saturated heterocycles. The number of amides is 1. The van der Waals surface area contributed by atoms with E-state index in [0.29, 0.717) is 24.5 Å². The molecule has 3 rings (SSSR count). The second-order valence-corrected chi connectivity index (χ2v) is 5.53. The van der Waals surface area contributed by atoms with Crippen LogP contribution in [-0.2, 0) is 6.54 Å². The fourth-order valence-electron chi connectivity index (χ4n) is 2.64. The SMILES string of the molecule is C[C@H]1COc2cc(C(=O)NO)ccc2CN1c1ccc(F)cc1. The Kier molecular flexibility index (Phi) is 4.16. The molecule has 2 N–H and O–H groups in total. The monoisotopic (exact) mass is 316 g/mol. The summed E-state index contributed by atoms with van der Waals surface area (Å²) in [5, 5.41) is 8.72. The van der Waals surface area contributed by atoms with Gasteiger partial charge < -0.3 is 9.64 Å². The summed E-state index contributed by atoms with van der Waals surface area (Å²) in [7, 11) is 0. The molecule has 0 aromatic heterocycles. The van der Waals surface area contributed by atoms with Gasteiger partial charge in [0, 0.05) is 23.4 Å². The maximum Gasteiger partial charge on any atom is 0.274 e. The minimum Gasteiger partial charge on any atom is -0.491 e. The molecule has 0 bridgehead atoms. The van der Waals surface area contributed by atoms with E-state index < -0.39 is 5.91 Å². The number of fused-ring (bicyclic) bond motifs is 1. The Morgan fingerprint density at radius 3 is 2.74 bits per heavy atom. The zero-order valence-electron chi connectivity index (χ0n) is 12.6. The van der Waals surface area contributed by atoms with Gasteiger partial charge in [-0.25, -0.2) is 9.87 Å². The molecule has 1 atom stereocenters. The number of ether oxygens (including phenoxy) is 1. The van der Waals surface area contributed by atoms with Crippen LogP contribution in [0.1, 0.15) is 22.8 Å². The molecule has 0 fully saturated rings. The highest BCUT2D eigenvalue weighted by Gasteiger charge is 2.22. The average molecular weight is 316 g/mol. The molecular formula is C17H17FN2O3. The fraction of sp³-hybridized carbons (Fsp3) is 0.235. The van der Waals surface area contributed by atoms with E-state index in [-0.39, 0.29) is 11.9 Å². The highest BCUT2D eigenvalue weighted by Crippen LogP contribution is 2.29. The number of hydrogen-bond acceptors (Lipinski definition) is 4. The summed E-state index contributed by atoms with van der Waals surface area (Å²) in [5.41, 5.74) is 3.77. The Balaban J connectivity index is 1.92. The molecule has 6 heteroatoms. The number of carbonyl (C=O) groups is 1. The first kappa shape index (κ1) is 15.3. The maximum atomic E-state index is 13.1. The molecule has 0 saturated carbocycles. The highest BCUT2D eigenvalue weighted by atomic mass is 19.1. The number of hydrogen-bond donors (Lipinski definition) is 2. The van der Waals surface area contributed by atoms with Crippen molar-refractivity contribution < 1.29 is 19.1 Å². The van der Waals surface area contributed by atoms with Gasteiger partial charge in [0.25, 0.3) is 5.91 Å². The van der Waals surface area contributed by atoms with Gasteiger partial charge >= 0.3 is 0 Å². The van der Waals surface area contributed by atoms with Gasteiger partial charge in [-0.3, -0.25) is 10.0 Å². The number of nitrogens with zero attached hydrogens (tertiary/aromatic N) is 1. The van der Waals surface area contributed by atoms with E-state index in [1.54, 1.807) is 35.8 Å². The van der Waals surface area contributed by atoms with Crippen LogP contribution >= 0.6 is 0 Å². The van der Waals surface area contributed by atoms with Gasteiger partial charge in [-0.05, 0) is 43.3 Å². The van der Waals surface area contributed by atoms with Crippen LogP contribution in [0, 0.1) is 5.82 Å². The minimum absolute atomic E-state index is 0.0861. The maximum absolute atomic E-state index is 13.1. The quantitative estimate of drug-likeness (QED) is 0.660. The van der Waals surface area contributed by atoms with E-state index >= 15 is 0 Å². The van der Waals surface area contributed by atoms with E-state index in [2.05, 4.69) is 4.90 Å². The molecule has 120 valence electrons. The number of halogens is 1. The molecular weight excluding hydrogens is 299 g/mol. The predicted molar refractivity (Wildman–Crippen MR) is 83.2 cm³/mol. The molecule has 0 aliphatic carbocycles. The van der Waals surface area contributed by atoms with Gasteiger partial charge in [0.05, 0.1) is 6.04 Å². The smallest absolute Gasteiger partial charge is 0.274 e. The van der Waals surface area contributed by atoms with Crippen LogP contribution in [0.15, 0.2) is 42.5 Å². The predicted octanol–water partition coefficient (Wildman–Crippen LogP) is 2.73. The van der Waals surface area contributed by atoms with Crippen LogP contribution in [0.5, 0.6) is 5.75 Å². The summed E-state index contributed by atoms with van der Waals surface area (Å²) in [6.45, 7) is 3.05. The molecule has 5 nitrogen and oxygen atoms in total. The Morgan fingerprint density at radius 2 is 2.04 bits per heavy atom. The topological polar surface area (TPSA) is 61.8 Å². The zero-order valence-corrected chi connectivity index (χ0v) is 12.6. The average Bonchev–Trinajstić information content (AvgIpc) is 2.74. The molecule has 23 heavy (non-hydrogen) atoms. The van der Waals surface area contributed by atoms with E-state index in [9.17, 15) is 9.18 Å². The van der Waals surface area contributed by atoms with Crippen molar-refractivity contribution in [3.05, 3.63) is 59.4 Å². The highest BCUT2D eigenvalue weighted by molar-refractivity contribution is 5.93. The molecule has 0 unspecified atom stereocenters. The van der Waals surface area contributed by atoms with Crippen molar-refractivity contribution in [1.29, 1.82) is 0 Å². The largest absolute Gasteiger partial charge is 0.491 e. The zero-order chi connectivity index (χ0) is 16.4. The van der Waals surface area contributed by atoms with Gasteiger partial charge in [0.1, 0.15) is 18.2 Å². The van der Waals surface area contributed by atoms with Gasteiger partial charge in [-0.2, -0.15) is 0 Å². The Hall–Kier alpha value is -2.60. The summed E-state index contributed by atoms with van der Waals surface area (Å²) < 4.78 is 18.9. The number of nitrogens with one attached hydrogen (secondary N) is 1. The van der Waals surface area contributed by atoms with Crippen molar-refractivity contribution in [2.24, 2.45) is 0 Å². The van der Waals surface area contributed by atoms with Crippen molar-refractivity contribution in [3.8, 4) is 5.75 Å². The van der Waals surface area contributed by atoms with Gasteiger partial charge in [-0.15, -0.1) is 0 Å². The third-order valence-electron chi connectivity index (χ3n) is 3.94. The molecule has 1 heterocycles. The first-order valence-corrected chi connectivity index (χ1v) is 7.31. The van der Waals surface area contributed by atoms with Crippen LogP contribution in [0.2, 0.25) is 0 Å². The first-order chi connectivity index (χ1) is 11.1. The summed E-state index contributed by atoms with van der Waals surface area (Å²) in [6, 6.07) is 11.5. The lowest BCUT2D eigenvalue weighted by Gasteiger charge is -2.28. The van der Waals surface area contributed by atoms with Crippen LogP contribution in [-0.4, -0.2) is 23.8 Å². The minimum atomic E-state index is -0.580. The molecule has 0 spiro atoms. The van der Waals surface area contributed by atoms with Crippen molar-refractivity contribution in [1.82, 2.24) is 5.48 Å². The normalized spacial score (nSPS) is 17.0.